The first-order chi connectivity index (χ1) is 6.77. The molecule has 1 aromatic rings. The van der Waals surface area contributed by atoms with Gasteiger partial charge in [-0.2, -0.15) is 0 Å². The molecule has 0 fully saturated rings. The van der Waals surface area contributed by atoms with E-state index in [1.165, 1.54) is 4.90 Å². The van der Waals surface area contributed by atoms with E-state index in [-0.39, 0.29) is 6.09 Å². The standard InChI is InChI=1S/C11H11NO2/c1-12-8-7-10(14-11(12)13)9-5-3-2-4-6-9/h2-7H,8H2,1H3. The minimum Gasteiger partial charge on any atom is -0.410 e. The molecule has 1 heterocycles. The van der Waals surface area contributed by atoms with E-state index in [0.29, 0.717) is 12.3 Å². The summed E-state index contributed by atoms with van der Waals surface area (Å²) in [6, 6.07) is 9.61. The zero-order valence-electron chi connectivity index (χ0n) is 7.93. The van der Waals surface area contributed by atoms with Crippen LogP contribution in [0, 0.1) is 0 Å². The molecule has 0 aromatic heterocycles. The molecule has 0 bridgehead atoms. The second-order valence-corrected chi connectivity index (χ2v) is 3.18. The lowest BCUT2D eigenvalue weighted by molar-refractivity contribution is 0.152. The van der Waals surface area contributed by atoms with Gasteiger partial charge in [-0.25, -0.2) is 4.79 Å². The van der Waals surface area contributed by atoms with Crippen LogP contribution in [-0.4, -0.2) is 24.6 Å². The summed E-state index contributed by atoms with van der Waals surface area (Å²) in [5.74, 6) is 0.647. The molecule has 14 heavy (non-hydrogen) atoms. The number of likely N-dealkylation sites (N-methyl/N-ethyl adjacent to an activating group) is 1. The van der Waals surface area contributed by atoms with Crippen LogP contribution in [0.3, 0.4) is 0 Å². The van der Waals surface area contributed by atoms with Crippen molar-refractivity contribution < 1.29 is 9.53 Å². The molecule has 0 atom stereocenters. The zero-order valence-corrected chi connectivity index (χ0v) is 7.93. The Labute approximate surface area is 82.6 Å². The lowest BCUT2D eigenvalue weighted by Gasteiger charge is -2.21. The van der Waals surface area contributed by atoms with Crippen LogP contribution in [0.15, 0.2) is 36.4 Å². The topological polar surface area (TPSA) is 29.5 Å². The monoisotopic (exact) mass is 189 g/mol. The SMILES string of the molecule is CN1CC=C(c2ccccc2)OC1=O. The number of ether oxygens (including phenoxy) is 1. The van der Waals surface area contributed by atoms with Gasteiger partial charge in [0.1, 0.15) is 5.76 Å². The maximum absolute atomic E-state index is 11.2. The molecule has 2 rings (SSSR count). The summed E-state index contributed by atoms with van der Waals surface area (Å²) in [5, 5.41) is 0. The quantitative estimate of drug-likeness (QED) is 0.677. The van der Waals surface area contributed by atoms with Gasteiger partial charge >= 0.3 is 6.09 Å². The van der Waals surface area contributed by atoms with Gasteiger partial charge < -0.3 is 9.64 Å². The fraction of sp³-hybridized carbons (Fsp3) is 0.182. The Bertz CT molecular complexity index is 370. The second-order valence-electron chi connectivity index (χ2n) is 3.18. The van der Waals surface area contributed by atoms with E-state index in [1.54, 1.807) is 7.05 Å². The van der Waals surface area contributed by atoms with Crippen LogP contribution in [0.25, 0.3) is 5.76 Å². The third-order valence-corrected chi connectivity index (χ3v) is 2.12. The first kappa shape index (κ1) is 8.81. The lowest BCUT2D eigenvalue weighted by atomic mass is 10.1. The summed E-state index contributed by atoms with van der Waals surface area (Å²) < 4.78 is 5.13. The largest absolute Gasteiger partial charge is 0.415 e. The first-order valence-electron chi connectivity index (χ1n) is 4.46. The average Bonchev–Trinajstić information content (AvgIpc) is 2.23. The molecule has 0 unspecified atom stereocenters. The number of carbonyl (C=O) groups is 1. The Balaban J connectivity index is 2.25. The van der Waals surface area contributed by atoms with Crippen molar-refractivity contribution in [2.24, 2.45) is 0 Å². The van der Waals surface area contributed by atoms with Gasteiger partial charge in [0.15, 0.2) is 0 Å². The normalized spacial score (nSPS) is 16.2. The predicted octanol–water partition coefficient (Wildman–Crippen LogP) is 2.11. The van der Waals surface area contributed by atoms with E-state index in [2.05, 4.69) is 0 Å². The van der Waals surface area contributed by atoms with Crippen molar-refractivity contribution in [2.45, 2.75) is 0 Å². The molecular formula is C11H11NO2. The van der Waals surface area contributed by atoms with E-state index >= 15 is 0 Å². The van der Waals surface area contributed by atoms with E-state index in [1.807, 2.05) is 36.4 Å². The summed E-state index contributed by atoms with van der Waals surface area (Å²) in [7, 11) is 1.71. The average molecular weight is 189 g/mol. The fourth-order valence-electron chi connectivity index (χ4n) is 1.29. The molecule has 1 amide bonds. The van der Waals surface area contributed by atoms with Crippen LogP contribution >= 0.6 is 0 Å². The number of hydrogen-bond acceptors (Lipinski definition) is 2. The van der Waals surface area contributed by atoms with Gasteiger partial charge in [0.2, 0.25) is 0 Å². The van der Waals surface area contributed by atoms with Gasteiger partial charge in [0, 0.05) is 19.2 Å². The van der Waals surface area contributed by atoms with E-state index in [4.69, 9.17) is 4.74 Å². The van der Waals surface area contributed by atoms with Crippen LogP contribution in [-0.2, 0) is 4.74 Å². The van der Waals surface area contributed by atoms with E-state index in [0.717, 1.165) is 5.56 Å². The zero-order chi connectivity index (χ0) is 9.97. The summed E-state index contributed by atoms with van der Waals surface area (Å²) in [5.41, 5.74) is 0.939. The molecule has 1 aliphatic rings. The Kier molecular flexibility index (Phi) is 2.23. The molecule has 0 N–H and O–H groups in total. The van der Waals surface area contributed by atoms with Crippen molar-refractivity contribution in [3.05, 3.63) is 42.0 Å². The minimum atomic E-state index is -0.300. The Morgan fingerprint density at radius 1 is 1.29 bits per heavy atom. The maximum Gasteiger partial charge on any atom is 0.415 e. The minimum absolute atomic E-state index is 0.300. The maximum atomic E-state index is 11.2. The Morgan fingerprint density at radius 2 is 2.00 bits per heavy atom. The van der Waals surface area contributed by atoms with Crippen LogP contribution in [0.1, 0.15) is 5.56 Å². The van der Waals surface area contributed by atoms with Crippen molar-refractivity contribution >= 4 is 11.9 Å². The highest BCUT2D eigenvalue weighted by molar-refractivity contribution is 5.79. The molecular weight excluding hydrogens is 178 g/mol. The van der Waals surface area contributed by atoms with Crippen molar-refractivity contribution in [1.82, 2.24) is 4.90 Å². The number of hydrogen-bond donors (Lipinski definition) is 0. The van der Waals surface area contributed by atoms with Gasteiger partial charge in [-0.15, -0.1) is 0 Å². The number of cyclic esters (lactones) is 1. The van der Waals surface area contributed by atoms with Crippen molar-refractivity contribution in [2.75, 3.05) is 13.6 Å². The third kappa shape index (κ3) is 1.62. The van der Waals surface area contributed by atoms with Crippen molar-refractivity contribution in [3.8, 4) is 0 Å². The molecule has 1 aromatic carbocycles. The molecule has 72 valence electrons. The van der Waals surface area contributed by atoms with E-state index < -0.39 is 0 Å². The summed E-state index contributed by atoms with van der Waals surface area (Å²) >= 11 is 0. The number of benzene rings is 1. The number of nitrogens with zero attached hydrogens (tertiary/aromatic N) is 1. The summed E-state index contributed by atoms with van der Waals surface area (Å²) in [6.45, 7) is 0.600. The highest BCUT2D eigenvalue weighted by Gasteiger charge is 2.17. The van der Waals surface area contributed by atoms with Crippen molar-refractivity contribution in [1.29, 1.82) is 0 Å². The summed E-state index contributed by atoms with van der Waals surface area (Å²) in [4.78, 5) is 12.8. The number of amides is 1. The van der Waals surface area contributed by atoms with E-state index in [9.17, 15) is 4.79 Å². The number of rotatable bonds is 1. The smallest absolute Gasteiger partial charge is 0.410 e. The molecule has 0 saturated heterocycles. The predicted molar refractivity (Wildman–Crippen MR) is 53.5 cm³/mol. The molecule has 0 aliphatic carbocycles. The fourth-order valence-corrected chi connectivity index (χ4v) is 1.29. The van der Waals surface area contributed by atoms with Gasteiger partial charge in [-0.1, -0.05) is 30.3 Å². The highest BCUT2D eigenvalue weighted by Crippen LogP contribution is 2.19. The molecule has 0 spiro atoms. The highest BCUT2D eigenvalue weighted by atomic mass is 16.6. The lowest BCUT2D eigenvalue weighted by Crippen LogP contribution is -2.30. The van der Waals surface area contributed by atoms with Gasteiger partial charge in [-0.3, -0.25) is 0 Å². The first-order valence-corrected chi connectivity index (χ1v) is 4.46. The Morgan fingerprint density at radius 3 is 2.64 bits per heavy atom. The van der Waals surface area contributed by atoms with Crippen LogP contribution < -0.4 is 0 Å². The van der Waals surface area contributed by atoms with Gasteiger partial charge in [0.05, 0.1) is 0 Å². The third-order valence-electron chi connectivity index (χ3n) is 2.12. The molecule has 0 radical (unpaired) electrons. The molecule has 3 heteroatoms. The molecule has 0 saturated carbocycles. The number of carbonyl (C=O) groups excluding carboxylic acids is 1. The van der Waals surface area contributed by atoms with Gasteiger partial charge in [0.25, 0.3) is 0 Å². The van der Waals surface area contributed by atoms with Crippen LogP contribution in [0.5, 0.6) is 0 Å². The summed E-state index contributed by atoms with van der Waals surface area (Å²) in [6.07, 6.45) is 1.60. The van der Waals surface area contributed by atoms with Crippen LogP contribution in [0.4, 0.5) is 4.79 Å². The molecule has 3 nitrogen and oxygen atoms in total. The Hall–Kier alpha value is -1.77. The van der Waals surface area contributed by atoms with Gasteiger partial charge in [-0.05, 0) is 6.08 Å². The van der Waals surface area contributed by atoms with Crippen molar-refractivity contribution in [3.63, 3.8) is 0 Å². The van der Waals surface area contributed by atoms with Crippen LogP contribution in [0.2, 0.25) is 0 Å². The molecule has 1 aliphatic heterocycles. The second kappa shape index (κ2) is 3.54.